The van der Waals surface area contributed by atoms with Gasteiger partial charge in [0, 0.05) is 22.7 Å². The molecule has 0 N–H and O–H groups in total. The van der Waals surface area contributed by atoms with E-state index < -0.39 is 0 Å². The maximum absolute atomic E-state index is 4.84. The van der Waals surface area contributed by atoms with Crippen LogP contribution in [0, 0.1) is 0 Å². The number of fused-ring (bicyclic) bond motifs is 7. The van der Waals surface area contributed by atoms with Crippen molar-refractivity contribution >= 4 is 43.5 Å². The Balaban J connectivity index is 1.09. The summed E-state index contributed by atoms with van der Waals surface area (Å²) in [6, 6.07) is 82.3. The third-order valence-electron chi connectivity index (χ3n) is 13.2. The van der Waals surface area contributed by atoms with Crippen LogP contribution in [0.2, 0.25) is 0 Å². The molecular formula is C61H38N2. The molecule has 1 aliphatic rings. The van der Waals surface area contributed by atoms with E-state index in [9.17, 15) is 0 Å². The van der Waals surface area contributed by atoms with Crippen molar-refractivity contribution in [3.63, 3.8) is 0 Å². The summed E-state index contributed by atoms with van der Waals surface area (Å²) >= 11 is 0. The minimum absolute atomic E-state index is 0.970. The molecule has 2 heterocycles. The molecule has 292 valence electrons. The Morgan fingerprint density at radius 1 is 0.286 bits per heavy atom. The molecule has 63 heavy (non-hydrogen) atoms. The number of hydrogen-bond donors (Lipinski definition) is 0. The van der Waals surface area contributed by atoms with Crippen LogP contribution in [0.3, 0.4) is 0 Å². The van der Waals surface area contributed by atoms with Gasteiger partial charge in [-0.1, -0.05) is 182 Å². The van der Waals surface area contributed by atoms with Crippen LogP contribution in [0.15, 0.2) is 231 Å². The minimum atomic E-state index is 0.970. The topological polar surface area (TPSA) is 17.8 Å². The molecule has 0 unspecified atom stereocenters. The molecule has 10 aromatic carbocycles. The van der Waals surface area contributed by atoms with Gasteiger partial charge in [0.05, 0.1) is 5.52 Å². The Morgan fingerprint density at radius 3 is 1.37 bits per heavy atom. The van der Waals surface area contributed by atoms with E-state index in [1.165, 1.54) is 105 Å². The highest BCUT2D eigenvalue weighted by atomic mass is 15.0. The Bertz CT molecular complexity index is 3550. The molecule has 0 amide bonds. The molecule has 0 atom stereocenters. The lowest BCUT2D eigenvalue weighted by atomic mass is 9.80. The summed E-state index contributed by atoms with van der Waals surface area (Å²) in [5.41, 5.74) is 20.6. The minimum Gasteiger partial charge on any atom is -0.294 e. The van der Waals surface area contributed by atoms with Crippen molar-refractivity contribution in [2.24, 2.45) is 0 Å². The van der Waals surface area contributed by atoms with Crippen molar-refractivity contribution in [2.45, 2.75) is 0 Å². The highest BCUT2D eigenvalue weighted by Gasteiger charge is 2.32. The smallest absolute Gasteiger partial charge is 0.145 e. The van der Waals surface area contributed by atoms with Crippen LogP contribution in [0.1, 0.15) is 0 Å². The van der Waals surface area contributed by atoms with Gasteiger partial charge in [-0.25, -0.2) is 4.98 Å². The Labute approximate surface area is 365 Å². The summed E-state index contributed by atoms with van der Waals surface area (Å²) in [6.45, 7) is 0. The van der Waals surface area contributed by atoms with E-state index in [0.29, 0.717) is 0 Å². The molecule has 2 heteroatoms. The summed E-state index contributed by atoms with van der Waals surface area (Å²) in [5.74, 6) is 0. The lowest BCUT2D eigenvalue weighted by molar-refractivity contribution is 1.14. The normalized spacial score (nSPS) is 11.8. The van der Waals surface area contributed by atoms with Gasteiger partial charge < -0.3 is 0 Å². The predicted molar refractivity (Wildman–Crippen MR) is 265 cm³/mol. The van der Waals surface area contributed by atoms with Gasteiger partial charge in [-0.15, -0.1) is 0 Å². The molecule has 0 radical (unpaired) electrons. The highest BCUT2D eigenvalue weighted by molar-refractivity contribution is 6.29. The van der Waals surface area contributed by atoms with Gasteiger partial charge in [0.15, 0.2) is 0 Å². The monoisotopic (exact) mass is 798 g/mol. The van der Waals surface area contributed by atoms with Crippen molar-refractivity contribution in [3.05, 3.63) is 231 Å². The van der Waals surface area contributed by atoms with Gasteiger partial charge in [-0.3, -0.25) is 4.57 Å². The van der Waals surface area contributed by atoms with E-state index in [0.717, 1.165) is 22.2 Å². The molecule has 0 saturated heterocycles. The largest absolute Gasteiger partial charge is 0.294 e. The lowest BCUT2D eigenvalue weighted by Gasteiger charge is -2.23. The fourth-order valence-corrected chi connectivity index (χ4v) is 10.5. The first-order chi connectivity index (χ1) is 31.3. The third kappa shape index (κ3) is 5.41. The molecule has 12 aromatic rings. The molecule has 1 aliphatic carbocycles. The molecule has 0 bridgehead atoms. The van der Waals surface area contributed by atoms with E-state index in [1.807, 2.05) is 12.3 Å². The third-order valence-corrected chi connectivity index (χ3v) is 13.2. The second kappa shape index (κ2) is 14.1. The number of para-hydroxylation sites is 1. The SMILES string of the molecule is c1ccc(-c2cc3c(-c4ccccc4)c4c(c(-c5ccccc5)c3cc2-c2ccccc2)-c2ccc(-c3ccc(-n5c6ccccc6c6cccnc65)cc3)c3cccc-4c23)cc1. The predicted octanol–water partition coefficient (Wildman–Crippen LogP) is 16.5. The maximum atomic E-state index is 4.84. The van der Waals surface area contributed by atoms with Gasteiger partial charge in [-0.2, -0.15) is 0 Å². The number of benzene rings is 10. The quantitative estimate of drug-likeness (QED) is 0.164. The van der Waals surface area contributed by atoms with Crippen LogP contribution in [-0.2, 0) is 0 Å². The second-order valence-electron chi connectivity index (χ2n) is 16.6. The second-order valence-corrected chi connectivity index (χ2v) is 16.6. The van der Waals surface area contributed by atoms with Gasteiger partial charge in [-0.05, 0) is 142 Å². The highest BCUT2D eigenvalue weighted by Crippen LogP contribution is 2.59. The number of nitrogens with zero attached hydrogens (tertiary/aromatic N) is 2. The number of hydrogen-bond acceptors (Lipinski definition) is 1. The van der Waals surface area contributed by atoms with Gasteiger partial charge in [0.1, 0.15) is 5.65 Å². The molecule has 0 fully saturated rings. The molecule has 0 aliphatic heterocycles. The first kappa shape index (κ1) is 35.4. The fraction of sp³-hybridized carbons (Fsp3) is 0. The van der Waals surface area contributed by atoms with Crippen LogP contribution in [0.5, 0.6) is 0 Å². The van der Waals surface area contributed by atoms with Crippen molar-refractivity contribution < 1.29 is 0 Å². The maximum Gasteiger partial charge on any atom is 0.145 e. The van der Waals surface area contributed by atoms with E-state index in [4.69, 9.17) is 4.98 Å². The van der Waals surface area contributed by atoms with Crippen molar-refractivity contribution in [2.75, 3.05) is 0 Å². The molecule has 0 spiro atoms. The molecular weight excluding hydrogens is 761 g/mol. The van der Waals surface area contributed by atoms with Crippen LogP contribution >= 0.6 is 0 Å². The Morgan fingerprint density at radius 2 is 0.762 bits per heavy atom. The first-order valence-electron chi connectivity index (χ1n) is 21.7. The van der Waals surface area contributed by atoms with E-state index >= 15 is 0 Å². The lowest BCUT2D eigenvalue weighted by Crippen LogP contribution is -1.96. The zero-order valence-corrected chi connectivity index (χ0v) is 34.3. The summed E-state index contributed by atoms with van der Waals surface area (Å²) in [7, 11) is 0. The zero-order valence-electron chi connectivity index (χ0n) is 34.3. The number of pyridine rings is 1. The number of aromatic nitrogens is 2. The van der Waals surface area contributed by atoms with E-state index in [-0.39, 0.29) is 0 Å². The van der Waals surface area contributed by atoms with Crippen molar-refractivity contribution in [3.8, 4) is 83.6 Å². The van der Waals surface area contributed by atoms with Crippen LogP contribution in [0.4, 0.5) is 0 Å². The summed E-state index contributed by atoms with van der Waals surface area (Å²) < 4.78 is 2.28. The van der Waals surface area contributed by atoms with Gasteiger partial charge >= 0.3 is 0 Å². The zero-order chi connectivity index (χ0) is 41.4. The van der Waals surface area contributed by atoms with E-state index in [2.05, 4.69) is 223 Å². The van der Waals surface area contributed by atoms with Gasteiger partial charge in [0.2, 0.25) is 0 Å². The fourth-order valence-electron chi connectivity index (χ4n) is 10.5. The number of rotatable bonds is 6. The first-order valence-corrected chi connectivity index (χ1v) is 21.7. The Hall–Kier alpha value is -8.33. The summed E-state index contributed by atoms with van der Waals surface area (Å²) in [6.07, 6.45) is 1.89. The van der Waals surface area contributed by atoms with Crippen LogP contribution in [-0.4, -0.2) is 9.55 Å². The average molecular weight is 799 g/mol. The average Bonchev–Trinajstić information content (AvgIpc) is 3.88. The van der Waals surface area contributed by atoms with Crippen LogP contribution < -0.4 is 0 Å². The summed E-state index contributed by atoms with van der Waals surface area (Å²) in [4.78, 5) is 4.84. The van der Waals surface area contributed by atoms with Crippen molar-refractivity contribution in [1.82, 2.24) is 9.55 Å². The molecule has 0 saturated carbocycles. The van der Waals surface area contributed by atoms with E-state index in [1.54, 1.807) is 0 Å². The summed E-state index contributed by atoms with van der Waals surface area (Å²) in [5, 5.41) is 7.42. The molecule has 2 nitrogen and oxygen atoms in total. The molecule has 13 rings (SSSR count). The van der Waals surface area contributed by atoms with Crippen molar-refractivity contribution in [1.29, 1.82) is 0 Å². The Kier molecular flexibility index (Phi) is 7.94. The van der Waals surface area contributed by atoms with Gasteiger partial charge in [0.25, 0.3) is 0 Å². The standard InChI is InChI=1S/C61H38N2/c1-5-17-39(18-6-1)51-37-53-54(38-52(51)40-19-7-2-8-20-40)57(43-23-11-4-12-24-43)60-50-35-34-45(47-26-15-27-49(58(47)50)59(60)56(53)42-21-9-3-10-22-42)41-30-32-44(33-31-41)63-55-29-14-13-25-46(55)48-28-16-36-62-61(48)63/h1-38H. The molecule has 2 aromatic heterocycles. The van der Waals surface area contributed by atoms with Crippen LogP contribution in [0.25, 0.3) is 127 Å².